The molecule has 94 valence electrons. The second kappa shape index (κ2) is 4.86. The number of methoxy groups -OCH3 is 1. The summed E-state index contributed by atoms with van der Waals surface area (Å²) in [5.74, 6) is 2.29. The molecular weight excluding hydrogens is 212 g/mol. The fourth-order valence-corrected chi connectivity index (χ4v) is 2.54. The van der Waals surface area contributed by atoms with Crippen molar-refractivity contribution in [1.82, 2.24) is 0 Å². The van der Waals surface area contributed by atoms with Crippen LogP contribution in [-0.4, -0.2) is 20.2 Å². The fourth-order valence-electron chi connectivity index (χ4n) is 2.54. The number of nitrogens with two attached hydrogens (primary N) is 1. The van der Waals surface area contributed by atoms with E-state index in [1.54, 1.807) is 7.11 Å². The molecule has 1 aromatic rings. The van der Waals surface area contributed by atoms with E-state index >= 15 is 0 Å². The number of hydrogen-bond donors (Lipinski definition) is 1. The minimum absolute atomic E-state index is 0.742. The van der Waals surface area contributed by atoms with Crippen molar-refractivity contribution in [2.24, 2.45) is 11.8 Å². The van der Waals surface area contributed by atoms with Gasteiger partial charge in [0.05, 0.1) is 18.5 Å². The van der Waals surface area contributed by atoms with Crippen LogP contribution in [0.4, 0.5) is 11.4 Å². The third-order valence-corrected chi connectivity index (χ3v) is 3.77. The van der Waals surface area contributed by atoms with Crippen LogP contribution in [0.25, 0.3) is 0 Å². The van der Waals surface area contributed by atoms with Crippen molar-refractivity contribution >= 4 is 11.4 Å². The van der Waals surface area contributed by atoms with Crippen molar-refractivity contribution < 1.29 is 4.74 Å². The largest absolute Gasteiger partial charge is 0.495 e. The minimum Gasteiger partial charge on any atom is -0.495 e. The maximum Gasteiger partial charge on any atom is 0.143 e. The Kier molecular flexibility index (Phi) is 3.46. The molecule has 3 nitrogen and oxygen atoms in total. The molecule has 1 fully saturated rings. The smallest absolute Gasteiger partial charge is 0.143 e. The molecule has 1 atom stereocenters. The molecule has 0 amide bonds. The van der Waals surface area contributed by atoms with Crippen LogP contribution in [-0.2, 0) is 0 Å². The second-order valence-corrected chi connectivity index (χ2v) is 5.13. The first-order valence-corrected chi connectivity index (χ1v) is 6.31. The molecule has 3 heteroatoms. The quantitative estimate of drug-likeness (QED) is 0.817. The van der Waals surface area contributed by atoms with Gasteiger partial charge >= 0.3 is 0 Å². The van der Waals surface area contributed by atoms with Crippen molar-refractivity contribution in [3.63, 3.8) is 0 Å². The van der Waals surface area contributed by atoms with Gasteiger partial charge in [-0.05, 0) is 30.4 Å². The van der Waals surface area contributed by atoms with Gasteiger partial charge in [0.2, 0.25) is 0 Å². The lowest BCUT2D eigenvalue weighted by atomic mass is 9.95. The van der Waals surface area contributed by atoms with Crippen LogP contribution in [0.2, 0.25) is 0 Å². The summed E-state index contributed by atoms with van der Waals surface area (Å²) in [6.45, 7) is 6.79. The average Bonchev–Trinajstić information content (AvgIpc) is 2.78. The van der Waals surface area contributed by atoms with Crippen LogP contribution >= 0.6 is 0 Å². The van der Waals surface area contributed by atoms with Gasteiger partial charge < -0.3 is 15.4 Å². The van der Waals surface area contributed by atoms with Gasteiger partial charge in [-0.25, -0.2) is 0 Å². The summed E-state index contributed by atoms with van der Waals surface area (Å²) in [4.78, 5) is 2.38. The molecule has 2 N–H and O–H groups in total. The molecule has 0 aromatic heterocycles. The van der Waals surface area contributed by atoms with E-state index in [-0.39, 0.29) is 0 Å². The van der Waals surface area contributed by atoms with Crippen LogP contribution in [0.5, 0.6) is 5.75 Å². The lowest BCUT2D eigenvalue weighted by Crippen LogP contribution is -2.22. The molecule has 1 heterocycles. The fraction of sp³-hybridized carbons (Fsp3) is 0.571. The molecule has 1 aliphatic heterocycles. The predicted molar refractivity (Wildman–Crippen MR) is 72.6 cm³/mol. The first-order valence-electron chi connectivity index (χ1n) is 6.31. The molecule has 2 rings (SSSR count). The summed E-state index contributed by atoms with van der Waals surface area (Å²) >= 11 is 0. The molecule has 1 unspecified atom stereocenters. The third-order valence-electron chi connectivity index (χ3n) is 3.77. The number of anilines is 2. The summed E-state index contributed by atoms with van der Waals surface area (Å²) in [5.41, 5.74) is 8.01. The Balaban J connectivity index is 2.19. The van der Waals surface area contributed by atoms with Crippen molar-refractivity contribution in [2.75, 3.05) is 30.8 Å². The molecule has 0 radical (unpaired) electrons. The van der Waals surface area contributed by atoms with Gasteiger partial charge in [0.25, 0.3) is 0 Å². The lowest BCUT2D eigenvalue weighted by Gasteiger charge is -2.22. The zero-order valence-corrected chi connectivity index (χ0v) is 10.9. The molecule has 0 spiro atoms. The summed E-state index contributed by atoms with van der Waals surface area (Å²) in [6.07, 6.45) is 1.26. The number of rotatable bonds is 3. The van der Waals surface area contributed by atoms with Gasteiger partial charge in [-0.3, -0.25) is 0 Å². The van der Waals surface area contributed by atoms with E-state index in [2.05, 4.69) is 24.8 Å². The molecule has 1 aliphatic rings. The van der Waals surface area contributed by atoms with Crippen LogP contribution in [0.3, 0.4) is 0 Å². The van der Waals surface area contributed by atoms with E-state index in [4.69, 9.17) is 10.5 Å². The summed E-state index contributed by atoms with van der Waals surface area (Å²) < 4.78 is 5.27. The summed E-state index contributed by atoms with van der Waals surface area (Å²) in [5, 5.41) is 0. The van der Waals surface area contributed by atoms with Gasteiger partial charge in [0.15, 0.2) is 0 Å². The predicted octanol–water partition coefficient (Wildman–Crippen LogP) is 2.76. The van der Waals surface area contributed by atoms with E-state index < -0.39 is 0 Å². The van der Waals surface area contributed by atoms with Gasteiger partial charge in [-0.2, -0.15) is 0 Å². The monoisotopic (exact) mass is 234 g/mol. The molecule has 1 saturated heterocycles. The van der Waals surface area contributed by atoms with Crippen LogP contribution in [0.15, 0.2) is 18.2 Å². The number of benzene rings is 1. The average molecular weight is 234 g/mol. The van der Waals surface area contributed by atoms with Crippen molar-refractivity contribution in [1.29, 1.82) is 0 Å². The molecule has 1 aromatic carbocycles. The van der Waals surface area contributed by atoms with Crippen molar-refractivity contribution in [3.8, 4) is 5.75 Å². The van der Waals surface area contributed by atoms with Gasteiger partial charge in [0, 0.05) is 13.1 Å². The van der Waals surface area contributed by atoms with E-state index in [0.717, 1.165) is 42.0 Å². The summed E-state index contributed by atoms with van der Waals surface area (Å²) in [7, 11) is 1.66. The number of ether oxygens (including phenoxy) is 1. The van der Waals surface area contributed by atoms with Gasteiger partial charge in [-0.1, -0.05) is 19.9 Å². The Bertz CT molecular complexity index is 390. The second-order valence-electron chi connectivity index (χ2n) is 5.13. The Morgan fingerprint density at radius 1 is 1.41 bits per heavy atom. The van der Waals surface area contributed by atoms with Crippen LogP contribution < -0.4 is 15.4 Å². The van der Waals surface area contributed by atoms with E-state index in [9.17, 15) is 0 Å². The maximum atomic E-state index is 6.13. The Morgan fingerprint density at radius 3 is 2.76 bits per heavy atom. The van der Waals surface area contributed by atoms with E-state index in [0.29, 0.717) is 0 Å². The molecular formula is C14H22N2O. The Morgan fingerprint density at radius 2 is 2.18 bits per heavy atom. The normalized spacial score (nSPS) is 20.0. The highest BCUT2D eigenvalue weighted by Crippen LogP contribution is 2.36. The Hall–Kier alpha value is -1.38. The molecule has 0 saturated carbocycles. The van der Waals surface area contributed by atoms with Crippen LogP contribution in [0, 0.1) is 11.8 Å². The zero-order chi connectivity index (χ0) is 12.4. The molecule has 0 aliphatic carbocycles. The van der Waals surface area contributed by atoms with Crippen LogP contribution in [0.1, 0.15) is 20.3 Å². The van der Waals surface area contributed by atoms with Gasteiger partial charge in [0.1, 0.15) is 5.75 Å². The number of nitrogens with zero attached hydrogens (tertiary/aromatic N) is 1. The maximum absolute atomic E-state index is 6.13. The minimum atomic E-state index is 0.742. The SMILES string of the molecule is COc1cccc(N2CCC(C(C)C)C2)c1N. The highest BCUT2D eigenvalue weighted by atomic mass is 16.5. The number of nitrogen functional groups attached to an aromatic ring is 1. The lowest BCUT2D eigenvalue weighted by molar-refractivity contribution is 0.416. The zero-order valence-electron chi connectivity index (χ0n) is 10.9. The molecule has 17 heavy (non-hydrogen) atoms. The first kappa shape index (κ1) is 12.1. The standard InChI is InChI=1S/C14H22N2O/c1-10(2)11-7-8-16(9-11)12-5-4-6-13(17-3)14(12)15/h4-6,10-11H,7-9,15H2,1-3H3. The topological polar surface area (TPSA) is 38.5 Å². The number of para-hydroxylation sites is 1. The summed E-state index contributed by atoms with van der Waals surface area (Å²) in [6, 6.07) is 6.00. The van der Waals surface area contributed by atoms with Gasteiger partial charge in [-0.15, -0.1) is 0 Å². The highest BCUT2D eigenvalue weighted by molar-refractivity contribution is 5.74. The first-order chi connectivity index (χ1) is 8.13. The van der Waals surface area contributed by atoms with E-state index in [1.807, 2.05) is 12.1 Å². The molecule has 0 bridgehead atoms. The van der Waals surface area contributed by atoms with E-state index in [1.165, 1.54) is 6.42 Å². The third kappa shape index (κ3) is 2.33. The van der Waals surface area contributed by atoms with Crippen molar-refractivity contribution in [3.05, 3.63) is 18.2 Å². The number of hydrogen-bond acceptors (Lipinski definition) is 3. The Labute approximate surface area is 104 Å². The van der Waals surface area contributed by atoms with Crippen molar-refractivity contribution in [2.45, 2.75) is 20.3 Å². The highest BCUT2D eigenvalue weighted by Gasteiger charge is 2.26.